The van der Waals surface area contributed by atoms with Crippen LogP contribution in [0.5, 0.6) is 0 Å². The Hall–Kier alpha value is -2.24. The van der Waals surface area contributed by atoms with E-state index in [1.165, 1.54) is 16.6 Å². The molecule has 0 unspecified atom stereocenters. The zero-order valence-electron chi connectivity index (χ0n) is 14.6. The third-order valence-corrected chi connectivity index (χ3v) is 4.77. The molecule has 5 heteroatoms. The van der Waals surface area contributed by atoms with E-state index in [4.69, 9.17) is 4.74 Å². The lowest BCUT2D eigenvalue weighted by Crippen LogP contribution is -2.30. The SMILES string of the molecule is Cc1cncc(CN2CCOC[C@@H](Cc3nccn4cccc34)C2)c1. The van der Waals surface area contributed by atoms with E-state index in [1.807, 2.05) is 24.8 Å². The molecule has 0 saturated carbocycles. The van der Waals surface area contributed by atoms with Crippen molar-refractivity contribution in [3.8, 4) is 0 Å². The molecular formula is C20H24N4O. The van der Waals surface area contributed by atoms with Crippen molar-refractivity contribution in [2.75, 3.05) is 26.3 Å². The third-order valence-electron chi connectivity index (χ3n) is 4.77. The van der Waals surface area contributed by atoms with Gasteiger partial charge in [0.05, 0.1) is 24.4 Å². The van der Waals surface area contributed by atoms with E-state index in [0.29, 0.717) is 5.92 Å². The van der Waals surface area contributed by atoms with Crippen LogP contribution in [0.1, 0.15) is 16.8 Å². The number of ether oxygens (including phenoxy) is 1. The van der Waals surface area contributed by atoms with Gasteiger partial charge in [0, 0.05) is 56.5 Å². The molecule has 0 N–H and O–H groups in total. The van der Waals surface area contributed by atoms with Crippen LogP contribution in [0.15, 0.2) is 49.2 Å². The first kappa shape index (κ1) is 16.2. The average molecular weight is 336 g/mol. The molecule has 0 radical (unpaired) electrons. The first-order chi connectivity index (χ1) is 12.3. The van der Waals surface area contributed by atoms with Crippen LogP contribution in [0.25, 0.3) is 5.52 Å². The fourth-order valence-corrected chi connectivity index (χ4v) is 3.64. The Labute approximate surface area is 148 Å². The highest BCUT2D eigenvalue weighted by Gasteiger charge is 2.20. The minimum atomic E-state index is 0.453. The minimum absolute atomic E-state index is 0.453. The van der Waals surface area contributed by atoms with Crippen LogP contribution in [-0.4, -0.2) is 45.6 Å². The number of hydrogen-bond acceptors (Lipinski definition) is 4. The monoisotopic (exact) mass is 336 g/mol. The van der Waals surface area contributed by atoms with Crippen LogP contribution in [0.2, 0.25) is 0 Å². The first-order valence-electron chi connectivity index (χ1n) is 8.89. The molecule has 4 rings (SSSR count). The highest BCUT2D eigenvalue weighted by molar-refractivity contribution is 5.52. The molecule has 1 aliphatic rings. The topological polar surface area (TPSA) is 42.7 Å². The number of aryl methyl sites for hydroxylation is 1. The molecule has 1 atom stereocenters. The van der Waals surface area contributed by atoms with Crippen LogP contribution in [-0.2, 0) is 17.7 Å². The number of aromatic nitrogens is 3. The number of rotatable bonds is 4. The quantitative estimate of drug-likeness (QED) is 0.735. The summed E-state index contributed by atoms with van der Waals surface area (Å²) in [7, 11) is 0. The standard InChI is InChI=1S/C20H24N4O/c1-16-9-17(12-21-11-16)13-23-7-8-25-15-18(14-23)10-19-20-3-2-5-24(20)6-4-22-19/h2-6,9,11-12,18H,7-8,10,13-15H2,1H3/t18-/m0/s1. The van der Waals surface area contributed by atoms with Crippen molar-refractivity contribution in [3.05, 3.63) is 66.0 Å². The van der Waals surface area contributed by atoms with Crippen LogP contribution in [0, 0.1) is 12.8 Å². The van der Waals surface area contributed by atoms with Gasteiger partial charge in [0.25, 0.3) is 0 Å². The van der Waals surface area contributed by atoms with Gasteiger partial charge in [-0.3, -0.25) is 14.9 Å². The maximum Gasteiger partial charge on any atom is 0.0666 e. The van der Waals surface area contributed by atoms with E-state index in [0.717, 1.165) is 45.0 Å². The Kier molecular flexibility index (Phi) is 4.76. The van der Waals surface area contributed by atoms with Crippen molar-refractivity contribution in [2.24, 2.45) is 5.92 Å². The Morgan fingerprint density at radius 2 is 2.24 bits per heavy atom. The molecule has 130 valence electrons. The van der Waals surface area contributed by atoms with Crippen LogP contribution >= 0.6 is 0 Å². The summed E-state index contributed by atoms with van der Waals surface area (Å²) < 4.78 is 8.01. The van der Waals surface area contributed by atoms with E-state index in [9.17, 15) is 0 Å². The van der Waals surface area contributed by atoms with Crippen molar-refractivity contribution in [3.63, 3.8) is 0 Å². The predicted molar refractivity (Wildman–Crippen MR) is 97.5 cm³/mol. The minimum Gasteiger partial charge on any atom is -0.380 e. The summed E-state index contributed by atoms with van der Waals surface area (Å²) in [5.74, 6) is 0.453. The Balaban J connectivity index is 1.47. The van der Waals surface area contributed by atoms with Gasteiger partial charge < -0.3 is 9.14 Å². The summed E-state index contributed by atoms with van der Waals surface area (Å²) in [6, 6.07) is 6.42. The van der Waals surface area contributed by atoms with E-state index in [-0.39, 0.29) is 0 Å². The highest BCUT2D eigenvalue weighted by atomic mass is 16.5. The second-order valence-electron chi connectivity index (χ2n) is 6.93. The molecular weight excluding hydrogens is 312 g/mol. The van der Waals surface area contributed by atoms with Crippen molar-refractivity contribution in [1.29, 1.82) is 0 Å². The summed E-state index contributed by atoms with van der Waals surface area (Å²) in [5, 5.41) is 0. The van der Waals surface area contributed by atoms with Gasteiger partial charge in [-0.2, -0.15) is 0 Å². The molecule has 25 heavy (non-hydrogen) atoms. The van der Waals surface area contributed by atoms with Crippen molar-refractivity contribution >= 4 is 5.52 Å². The maximum atomic E-state index is 5.87. The van der Waals surface area contributed by atoms with Gasteiger partial charge in [0.15, 0.2) is 0 Å². The van der Waals surface area contributed by atoms with Gasteiger partial charge in [-0.25, -0.2) is 0 Å². The van der Waals surface area contributed by atoms with Gasteiger partial charge in [0.1, 0.15) is 0 Å². The third kappa shape index (κ3) is 3.89. The zero-order valence-corrected chi connectivity index (χ0v) is 14.6. The Bertz CT molecular complexity index is 844. The summed E-state index contributed by atoms with van der Waals surface area (Å²) in [4.78, 5) is 11.4. The molecule has 4 heterocycles. The molecule has 3 aromatic heterocycles. The lowest BCUT2D eigenvalue weighted by molar-refractivity contribution is 0.121. The average Bonchev–Trinajstić information content (AvgIpc) is 2.98. The molecule has 1 fully saturated rings. The number of pyridine rings is 1. The van der Waals surface area contributed by atoms with Crippen molar-refractivity contribution < 1.29 is 4.74 Å². The van der Waals surface area contributed by atoms with Crippen LogP contribution < -0.4 is 0 Å². The molecule has 0 spiro atoms. The van der Waals surface area contributed by atoms with Crippen LogP contribution in [0.4, 0.5) is 0 Å². The normalized spacial score (nSPS) is 19.2. The smallest absolute Gasteiger partial charge is 0.0666 e. The molecule has 0 amide bonds. The highest BCUT2D eigenvalue weighted by Crippen LogP contribution is 2.18. The lowest BCUT2D eigenvalue weighted by Gasteiger charge is -2.23. The molecule has 1 aliphatic heterocycles. The fraction of sp³-hybridized carbons (Fsp3) is 0.400. The number of hydrogen-bond donors (Lipinski definition) is 0. The van der Waals surface area contributed by atoms with Gasteiger partial charge in [0.2, 0.25) is 0 Å². The molecule has 5 nitrogen and oxygen atoms in total. The summed E-state index contributed by atoms with van der Waals surface area (Å²) in [6.45, 7) is 6.60. The molecule has 3 aromatic rings. The van der Waals surface area contributed by atoms with E-state index in [1.54, 1.807) is 0 Å². The van der Waals surface area contributed by atoms with Crippen molar-refractivity contribution in [2.45, 2.75) is 19.9 Å². The van der Waals surface area contributed by atoms with Gasteiger partial charge >= 0.3 is 0 Å². The van der Waals surface area contributed by atoms with Gasteiger partial charge in [-0.05, 0) is 36.6 Å². The summed E-state index contributed by atoms with van der Waals surface area (Å²) in [5.41, 5.74) is 4.83. The van der Waals surface area contributed by atoms with Crippen molar-refractivity contribution in [1.82, 2.24) is 19.3 Å². The number of nitrogens with zero attached hydrogens (tertiary/aromatic N) is 4. The van der Waals surface area contributed by atoms with Crippen LogP contribution in [0.3, 0.4) is 0 Å². The molecule has 0 aliphatic carbocycles. The Morgan fingerprint density at radius 1 is 1.28 bits per heavy atom. The molecule has 1 saturated heterocycles. The van der Waals surface area contributed by atoms with Gasteiger partial charge in [-0.15, -0.1) is 0 Å². The Morgan fingerprint density at radius 3 is 3.16 bits per heavy atom. The molecule has 0 aromatic carbocycles. The zero-order chi connectivity index (χ0) is 17.1. The lowest BCUT2D eigenvalue weighted by atomic mass is 10.0. The van der Waals surface area contributed by atoms with Gasteiger partial charge in [-0.1, -0.05) is 6.07 Å². The van der Waals surface area contributed by atoms with E-state index < -0.39 is 0 Å². The maximum absolute atomic E-state index is 5.87. The predicted octanol–water partition coefficient (Wildman–Crippen LogP) is 2.73. The second kappa shape index (κ2) is 7.33. The van der Waals surface area contributed by atoms with E-state index >= 15 is 0 Å². The fourth-order valence-electron chi connectivity index (χ4n) is 3.64. The number of fused-ring (bicyclic) bond motifs is 1. The molecule has 0 bridgehead atoms. The summed E-state index contributed by atoms with van der Waals surface area (Å²) >= 11 is 0. The van der Waals surface area contributed by atoms with E-state index in [2.05, 4.69) is 50.6 Å². The first-order valence-corrected chi connectivity index (χ1v) is 8.89. The largest absolute Gasteiger partial charge is 0.380 e. The second-order valence-corrected chi connectivity index (χ2v) is 6.93. The summed E-state index contributed by atoms with van der Waals surface area (Å²) in [6.07, 6.45) is 10.8.